The highest BCUT2D eigenvalue weighted by atomic mass is 16.5. The molecule has 0 aromatic carbocycles. The quantitative estimate of drug-likeness (QED) is 0.836. The molecule has 3 N–H and O–H groups in total. The molecule has 2 heterocycles. The van der Waals surface area contributed by atoms with Crippen molar-refractivity contribution >= 4 is 5.82 Å². The third kappa shape index (κ3) is 2.37. The van der Waals surface area contributed by atoms with E-state index in [0.29, 0.717) is 24.2 Å². The van der Waals surface area contributed by atoms with Crippen LogP contribution in [0.15, 0.2) is 12.4 Å². The lowest BCUT2D eigenvalue weighted by Crippen LogP contribution is -2.69. The zero-order valence-corrected chi connectivity index (χ0v) is 11.1. The molecule has 0 bridgehead atoms. The third-order valence-electron chi connectivity index (χ3n) is 3.90. The summed E-state index contributed by atoms with van der Waals surface area (Å²) >= 11 is 0. The number of nitrogens with one attached hydrogen (secondary N) is 1. The number of anilines is 1. The lowest BCUT2D eigenvalue weighted by Gasteiger charge is -2.52. The van der Waals surface area contributed by atoms with Crippen LogP contribution in [0, 0.1) is 5.92 Å². The van der Waals surface area contributed by atoms with Crippen LogP contribution in [0.25, 0.3) is 0 Å². The van der Waals surface area contributed by atoms with Crippen molar-refractivity contribution < 1.29 is 9.47 Å². The van der Waals surface area contributed by atoms with Crippen LogP contribution in [0.5, 0.6) is 5.88 Å². The topological polar surface area (TPSA) is 82.3 Å². The Balaban J connectivity index is 1.66. The zero-order chi connectivity index (χ0) is 13.2. The summed E-state index contributed by atoms with van der Waals surface area (Å²) in [6, 6.07) is 0.249. The van der Waals surface area contributed by atoms with Crippen molar-refractivity contribution in [2.45, 2.75) is 38.0 Å². The average Bonchev–Trinajstić information content (AvgIpc) is 2.45. The predicted octanol–water partition coefficient (Wildman–Crippen LogP) is 0.792. The number of hydrogen-bond donors (Lipinski definition) is 2. The second kappa shape index (κ2) is 5.30. The van der Waals surface area contributed by atoms with Gasteiger partial charge in [0, 0.05) is 18.6 Å². The van der Waals surface area contributed by atoms with E-state index in [2.05, 4.69) is 15.3 Å². The van der Waals surface area contributed by atoms with Gasteiger partial charge in [-0.2, -0.15) is 4.98 Å². The zero-order valence-electron chi connectivity index (χ0n) is 11.1. The van der Waals surface area contributed by atoms with Gasteiger partial charge in [-0.3, -0.25) is 4.98 Å². The van der Waals surface area contributed by atoms with Crippen molar-refractivity contribution in [2.24, 2.45) is 11.7 Å². The Morgan fingerprint density at radius 3 is 3.26 bits per heavy atom. The largest absolute Gasteiger partial charge is 0.477 e. The Morgan fingerprint density at radius 1 is 1.53 bits per heavy atom. The molecule has 0 amide bonds. The molecule has 1 aliphatic heterocycles. The van der Waals surface area contributed by atoms with Crippen LogP contribution >= 0.6 is 0 Å². The molecular formula is C13H20N4O2. The standard InChI is InChI=1S/C13H20N4O2/c1-2-18-10-7-15-6-9(16-10)17-12-11(14)8-4-3-5-19-13(8)12/h6-8,11-13H,2-5,14H2,1H3,(H,16,17). The molecule has 4 unspecified atom stereocenters. The first-order valence-corrected chi connectivity index (χ1v) is 6.88. The minimum atomic E-state index is 0.122. The van der Waals surface area contributed by atoms with E-state index >= 15 is 0 Å². The molecule has 3 rings (SSSR count). The molecule has 6 heteroatoms. The number of ether oxygens (including phenoxy) is 2. The van der Waals surface area contributed by atoms with Gasteiger partial charge in [0.25, 0.3) is 0 Å². The van der Waals surface area contributed by atoms with Gasteiger partial charge in [-0.15, -0.1) is 0 Å². The molecule has 0 radical (unpaired) electrons. The summed E-state index contributed by atoms with van der Waals surface area (Å²) in [6.45, 7) is 3.33. The molecule has 19 heavy (non-hydrogen) atoms. The van der Waals surface area contributed by atoms with Gasteiger partial charge in [0.15, 0.2) is 0 Å². The maximum Gasteiger partial charge on any atom is 0.234 e. The molecule has 4 atom stereocenters. The Kier molecular flexibility index (Phi) is 3.52. The summed E-state index contributed by atoms with van der Waals surface area (Å²) in [5, 5.41) is 3.32. The van der Waals surface area contributed by atoms with Gasteiger partial charge < -0.3 is 20.5 Å². The van der Waals surface area contributed by atoms with E-state index in [1.807, 2.05) is 6.92 Å². The summed E-state index contributed by atoms with van der Waals surface area (Å²) in [4.78, 5) is 8.46. The number of hydrogen-bond acceptors (Lipinski definition) is 6. The first kappa shape index (κ1) is 12.6. The van der Waals surface area contributed by atoms with E-state index in [9.17, 15) is 0 Å². The molecule has 2 fully saturated rings. The first-order valence-electron chi connectivity index (χ1n) is 6.88. The highest BCUT2D eigenvalue weighted by Gasteiger charge is 2.50. The second-order valence-electron chi connectivity index (χ2n) is 5.06. The minimum absolute atomic E-state index is 0.122. The molecule has 104 valence electrons. The number of nitrogens with two attached hydrogens (primary N) is 1. The van der Waals surface area contributed by atoms with Gasteiger partial charge in [-0.05, 0) is 19.8 Å². The van der Waals surface area contributed by atoms with Crippen molar-refractivity contribution in [2.75, 3.05) is 18.5 Å². The molecule has 1 saturated carbocycles. The van der Waals surface area contributed by atoms with E-state index < -0.39 is 0 Å². The summed E-state index contributed by atoms with van der Waals surface area (Å²) < 4.78 is 11.1. The van der Waals surface area contributed by atoms with Crippen LogP contribution in [0.3, 0.4) is 0 Å². The summed E-state index contributed by atoms with van der Waals surface area (Å²) in [6.07, 6.45) is 5.78. The van der Waals surface area contributed by atoms with Gasteiger partial charge in [-0.1, -0.05) is 0 Å². The maximum absolute atomic E-state index is 6.20. The SMILES string of the molecule is CCOc1cncc(NC2C(N)C3CCCOC32)n1. The van der Waals surface area contributed by atoms with Crippen molar-refractivity contribution in [3.63, 3.8) is 0 Å². The van der Waals surface area contributed by atoms with Crippen molar-refractivity contribution in [3.05, 3.63) is 12.4 Å². The second-order valence-corrected chi connectivity index (χ2v) is 5.06. The summed E-state index contributed by atoms with van der Waals surface area (Å²) in [5.41, 5.74) is 6.20. The number of rotatable bonds is 4. The average molecular weight is 264 g/mol. The third-order valence-corrected chi connectivity index (χ3v) is 3.90. The lowest BCUT2D eigenvalue weighted by molar-refractivity contribution is -0.104. The van der Waals surface area contributed by atoms with Crippen LogP contribution < -0.4 is 15.8 Å². The Bertz CT molecular complexity index is 442. The Labute approximate surface area is 112 Å². The monoisotopic (exact) mass is 264 g/mol. The predicted molar refractivity (Wildman–Crippen MR) is 71.1 cm³/mol. The Hall–Kier alpha value is -1.40. The maximum atomic E-state index is 6.20. The van der Waals surface area contributed by atoms with E-state index in [1.165, 1.54) is 0 Å². The smallest absolute Gasteiger partial charge is 0.234 e. The number of fused-ring (bicyclic) bond motifs is 1. The molecule has 1 aliphatic carbocycles. The van der Waals surface area contributed by atoms with Crippen LogP contribution in [-0.2, 0) is 4.74 Å². The van der Waals surface area contributed by atoms with Gasteiger partial charge in [0.1, 0.15) is 5.82 Å². The molecule has 1 aromatic rings. The molecule has 1 saturated heterocycles. The fraction of sp³-hybridized carbons (Fsp3) is 0.692. The van der Waals surface area contributed by atoms with Crippen LogP contribution in [-0.4, -0.2) is 41.4 Å². The molecule has 6 nitrogen and oxygen atoms in total. The first-order chi connectivity index (χ1) is 9.29. The van der Waals surface area contributed by atoms with E-state index in [1.54, 1.807) is 12.4 Å². The molecule has 2 aliphatic rings. The number of nitrogens with zero attached hydrogens (tertiary/aromatic N) is 2. The summed E-state index contributed by atoms with van der Waals surface area (Å²) in [7, 11) is 0. The molecule has 1 aromatic heterocycles. The van der Waals surface area contributed by atoms with E-state index in [4.69, 9.17) is 15.2 Å². The normalized spacial score (nSPS) is 33.2. The van der Waals surface area contributed by atoms with Gasteiger partial charge in [0.05, 0.1) is 31.1 Å². The minimum Gasteiger partial charge on any atom is -0.477 e. The van der Waals surface area contributed by atoms with Crippen molar-refractivity contribution in [1.29, 1.82) is 0 Å². The van der Waals surface area contributed by atoms with Gasteiger partial charge in [0.2, 0.25) is 5.88 Å². The highest BCUT2D eigenvalue weighted by molar-refractivity contribution is 5.37. The van der Waals surface area contributed by atoms with Crippen LogP contribution in [0.1, 0.15) is 19.8 Å². The molecule has 0 spiro atoms. The molecular weight excluding hydrogens is 244 g/mol. The van der Waals surface area contributed by atoms with Gasteiger partial charge >= 0.3 is 0 Å². The van der Waals surface area contributed by atoms with E-state index in [0.717, 1.165) is 19.4 Å². The van der Waals surface area contributed by atoms with E-state index in [-0.39, 0.29) is 18.2 Å². The van der Waals surface area contributed by atoms with Crippen LogP contribution in [0.4, 0.5) is 5.82 Å². The Morgan fingerprint density at radius 2 is 2.42 bits per heavy atom. The summed E-state index contributed by atoms with van der Waals surface area (Å²) in [5.74, 6) is 1.70. The van der Waals surface area contributed by atoms with Gasteiger partial charge in [-0.25, -0.2) is 0 Å². The number of aromatic nitrogens is 2. The van der Waals surface area contributed by atoms with Crippen molar-refractivity contribution in [1.82, 2.24) is 9.97 Å². The fourth-order valence-electron chi connectivity index (χ4n) is 2.93. The highest BCUT2D eigenvalue weighted by Crippen LogP contribution is 2.38. The lowest BCUT2D eigenvalue weighted by atomic mass is 9.69. The van der Waals surface area contributed by atoms with Crippen LogP contribution in [0.2, 0.25) is 0 Å². The van der Waals surface area contributed by atoms with Crippen molar-refractivity contribution in [3.8, 4) is 5.88 Å². The fourth-order valence-corrected chi connectivity index (χ4v) is 2.93.